The number of ether oxygens (including phenoxy) is 1. The standard InChI is InChI=1S/C25H16ClFN2O2S/c1-30-19-9-4-16(5-10-19)24-13-21(20-12-17(26)6-11-23(20)31-24)28-25-29-22(14-32-25)15-2-7-18(27)8-3-15/h2-14H,1H3/b28-21+. The monoisotopic (exact) mass is 462 g/mol. The molecule has 3 aromatic carbocycles. The van der Waals surface area contributed by atoms with Crippen LogP contribution in [0, 0.1) is 5.82 Å². The average molecular weight is 463 g/mol. The largest absolute Gasteiger partial charge is 0.497 e. The summed E-state index contributed by atoms with van der Waals surface area (Å²) < 4.78 is 24.6. The Morgan fingerprint density at radius 3 is 2.47 bits per heavy atom. The Morgan fingerprint density at radius 2 is 1.72 bits per heavy atom. The van der Waals surface area contributed by atoms with E-state index in [9.17, 15) is 4.39 Å². The van der Waals surface area contributed by atoms with Crippen LogP contribution in [0.2, 0.25) is 5.02 Å². The van der Waals surface area contributed by atoms with Crippen LogP contribution in [0.3, 0.4) is 0 Å². The van der Waals surface area contributed by atoms with Crippen LogP contribution in [0.25, 0.3) is 33.6 Å². The molecule has 0 saturated heterocycles. The summed E-state index contributed by atoms with van der Waals surface area (Å²) in [4.78, 5) is 9.39. The van der Waals surface area contributed by atoms with Crippen LogP contribution in [-0.2, 0) is 0 Å². The van der Waals surface area contributed by atoms with E-state index in [-0.39, 0.29) is 5.82 Å². The maximum Gasteiger partial charge on any atom is 0.210 e. The maximum atomic E-state index is 13.2. The highest BCUT2D eigenvalue weighted by molar-refractivity contribution is 7.13. The molecule has 0 aliphatic heterocycles. The lowest BCUT2D eigenvalue weighted by atomic mass is 10.1. The number of halogens is 2. The first kappa shape index (κ1) is 20.4. The Labute approximate surface area is 192 Å². The van der Waals surface area contributed by atoms with Gasteiger partial charge < -0.3 is 9.15 Å². The van der Waals surface area contributed by atoms with Crippen molar-refractivity contribution in [1.29, 1.82) is 0 Å². The number of methoxy groups -OCH3 is 1. The number of hydrogen-bond acceptors (Lipinski definition) is 5. The van der Waals surface area contributed by atoms with E-state index >= 15 is 0 Å². The van der Waals surface area contributed by atoms with Gasteiger partial charge in [0.15, 0.2) is 0 Å². The third-order valence-electron chi connectivity index (χ3n) is 4.93. The lowest BCUT2D eigenvalue weighted by Crippen LogP contribution is -2.03. The van der Waals surface area contributed by atoms with Crippen molar-refractivity contribution in [2.45, 2.75) is 0 Å². The number of rotatable bonds is 4. The molecule has 0 atom stereocenters. The number of thiazole rings is 1. The molecule has 5 rings (SSSR count). The second-order valence-electron chi connectivity index (χ2n) is 7.00. The predicted molar refractivity (Wildman–Crippen MR) is 126 cm³/mol. The van der Waals surface area contributed by atoms with Gasteiger partial charge in [0.05, 0.1) is 18.2 Å². The summed E-state index contributed by atoms with van der Waals surface area (Å²) in [5.41, 5.74) is 3.13. The highest BCUT2D eigenvalue weighted by Crippen LogP contribution is 2.29. The molecular formula is C25H16ClFN2O2S. The third kappa shape index (κ3) is 4.15. The van der Waals surface area contributed by atoms with E-state index in [1.165, 1.54) is 23.5 Å². The molecule has 0 aliphatic rings. The molecule has 0 N–H and O–H groups in total. The summed E-state index contributed by atoms with van der Waals surface area (Å²) in [6.45, 7) is 0. The fourth-order valence-electron chi connectivity index (χ4n) is 3.30. The normalized spacial score (nSPS) is 11.8. The minimum atomic E-state index is -0.281. The van der Waals surface area contributed by atoms with Crippen LogP contribution in [0.5, 0.6) is 5.75 Å². The minimum Gasteiger partial charge on any atom is -0.497 e. The van der Waals surface area contributed by atoms with Gasteiger partial charge in [0.1, 0.15) is 22.9 Å². The molecule has 0 aliphatic carbocycles. The van der Waals surface area contributed by atoms with Crippen molar-refractivity contribution in [1.82, 2.24) is 4.98 Å². The summed E-state index contributed by atoms with van der Waals surface area (Å²) in [5.74, 6) is 1.15. The summed E-state index contributed by atoms with van der Waals surface area (Å²) in [6, 6.07) is 21.2. The molecule has 0 fully saturated rings. The topological polar surface area (TPSA) is 47.6 Å². The Hall–Kier alpha value is -3.48. The molecule has 4 nitrogen and oxygen atoms in total. The highest BCUT2D eigenvalue weighted by atomic mass is 35.5. The van der Waals surface area contributed by atoms with E-state index in [4.69, 9.17) is 25.7 Å². The predicted octanol–water partition coefficient (Wildman–Crippen LogP) is 7.26. The molecule has 0 radical (unpaired) electrons. The van der Waals surface area contributed by atoms with Crippen LogP contribution < -0.4 is 10.1 Å². The van der Waals surface area contributed by atoms with Gasteiger partial charge in [-0.15, -0.1) is 11.3 Å². The van der Waals surface area contributed by atoms with E-state index in [1.54, 1.807) is 25.3 Å². The lowest BCUT2D eigenvalue weighted by Gasteiger charge is -2.06. The van der Waals surface area contributed by atoms with Gasteiger partial charge in [0, 0.05) is 33.0 Å². The number of aromatic nitrogens is 1. The first-order chi connectivity index (χ1) is 15.6. The van der Waals surface area contributed by atoms with Gasteiger partial charge in [-0.3, -0.25) is 0 Å². The van der Waals surface area contributed by atoms with Gasteiger partial charge in [0.25, 0.3) is 0 Å². The van der Waals surface area contributed by atoms with Gasteiger partial charge in [0.2, 0.25) is 5.13 Å². The van der Waals surface area contributed by atoms with Crippen LogP contribution in [0.4, 0.5) is 9.52 Å². The molecule has 2 heterocycles. The van der Waals surface area contributed by atoms with Gasteiger partial charge in [-0.25, -0.2) is 14.4 Å². The summed E-state index contributed by atoms with van der Waals surface area (Å²) in [7, 11) is 1.63. The van der Waals surface area contributed by atoms with Gasteiger partial charge in [-0.2, -0.15) is 0 Å². The van der Waals surface area contributed by atoms with Crippen LogP contribution in [-0.4, -0.2) is 12.1 Å². The molecule has 2 aromatic heterocycles. The first-order valence-electron chi connectivity index (χ1n) is 9.73. The smallest absolute Gasteiger partial charge is 0.210 e. The molecular weight excluding hydrogens is 447 g/mol. The van der Waals surface area contributed by atoms with Gasteiger partial charge >= 0.3 is 0 Å². The van der Waals surface area contributed by atoms with Crippen molar-refractivity contribution in [3.8, 4) is 28.3 Å². The number of nitrogens with zero attached hydrogens (tertiary/aromatic N) is 2. The third-order valence-corrected chi connectivity index (χ3v) is 5.90. The van der Waals surface area contributed by atoms with E-state index in [2.05, 4.69) is 4.98 Å². The zero-order valence-corrected chi connectivity index (χ0v) is 18.5. The van der Waals surface area contributed by atoms with Crippen molar-refractivity contribution in [3.63, 3.8) is 0 Å². The minimum absolute atomic E-state index is 0.281. The van der Waals surface area contributed by atoms with Crippen LogP contribution >= 0.6 is 22.9 Å². The molecule has 0 saturated carbocycles. The Bertz CT molecular complexity index is 1480. The molecule has 158 valence electrons. The van der Waals surface area contributed by atoms with Crippen molar-refractivity contribution >= 4 is 39.0 Å². The van der Waals surface area contributed by atoms with Crippen LogP contribution in [0.1, 0.15) is 0 Å². The number of benzene rings is 3. The van der Waals surface area contributed by atoms with E-state index in [0.717, 1.165) is 28.0 Å². The van der Waals surface area contributed by atoms with Crippen LogP contribution in [0.15, 0.2) is 87.6 Å². The molecule has 7 heteroatoms. The van der Waals surface area contributed by atoms with Gasteiger partial charge in [-0.05, 0) is 66.7 Å². The van der Waals surface area contributed by atoms with Crippen molar-refractivity contribution < 1.29 is 13.5 Å². The summed E-state index contributed by atoms with van der Waals surface area (Å²) >= 11 is 7.65. The zero-order valence-electron chi connectivity index (χ0n) is 16.9. The second kappa shape index (κ2) is 8.57. The maximum absolute atomic E-state index is 13.2. The highest BCUT2D eigenvalue weighted by Gasteiger charge is 2.09. The Morgan fingerprint density at radius 1 is 0.969 bits per heavy atom. The lowest BCUT2D eigenvalue weighted by molar-refractivity contribution is 0.415. The van der Waals surface area contributed by atoms with E-state index in [1.807, 2.05) is 47.8 Å². The molecule has 0 unspecified atom stereocenters. The summed E-state index contributed by atoms with van der Waals surface area (Å²) in [5, 5.41) is 4.55. The molecule has 0 spiro atoms. The van der Waals surface area contributed by atoms with E-state index < -0.39 is 0 Å². The van der Waals surface area contributed by atoms with Crippen molar-refractivity contribution in [3.05, 3.63) is 94.4 Å². The first-order valence-corrected chi connectivity index (χ1v) is 11.0. The van der Waals surface area contributed by atoms with Crippen molar-refractivity contribution in [2.75, 3.05) is 7.11 Å². The molecule has 0 bridgehead atoms. The molecule has 5 aromatic rings. The fourth-order valence-corrected chi connectivity index (χ4v) is 4.18. The Balaban J connectivity index is 1.64. The zero-order chi connectivity index (χ0) is 22.1. The SMILES string of the molecule is COc1ccc(-c2c/c(=N\c3nc(-c4ccc(F)cc4)cs3)c3cc(Cl)ccc3o2)cc1. The number of fused-ring (bicyclic) bond motifs is 1. The van der Waals surface area contributed by atoms with Gasteiger partial charge in [-0.1, -0.05) is 11.6 Å². The quantitative estimate of drug-likeness (QED) is 0.282. The Kier molecular flexibility index (Phi) is 5.47. The second-order valence-corrected chi connectivity index (χ2v) is 8.27. The molecule has 32 heavy (non-hydrogen) atoms. The van der Waals surface area contributed by atoms with E-state index in [0.29, 0.717) is 26.9 Å². The fraction of sp³-hybridized carbons (Fsp3) is 0.0400. The van der Waals surface area contributed by atoms with Crippen molar-refractivity contribution in [2.24, 2.45) is 4.99 Å². The molecule has 0 amide bonds. The average Bonchev–Trinajstić information content (AvgIpc) is 3.28. The summed E-state index contributed by atoms with van der Waals surface area (Å²) in [6.07, 6.45) is 0. The number of hydrogen-bond donors (Lipinski definition) is 0.